The number of benzene rings is 4. The van der Waals surface area contributed by atoms with Crippen LogP contribution in [-0.2, 0) is 16.1 Å². The number of halogens is 1. The highest BCUT2D eigenvalue weighted by atomic mass is 35.5. The van der Waals surface area contributed by atoms with E-state index < -0.39 is 5.97 Å². The van der Waals surface area contributed by atoms with Gasteiger partial charge in [-0.2, -0.15) is 0 Å². The van der Waals surface area contributed by atoms with Gasteiger partial charge in [0.25, 0.3) is 0 Å². The van der Waals surface area contributed by atoms with Crippen LogP contribution in [0, 0.1) is 0 Å². The van der Waals surface area contributed by atoms with Crippen molar-refractivity contribution in [2.24, 2.45) is 4.99 Å². The highest BCUT2D eigenvalue weighted by Gasteiger charge is 2.24. The minimum Gasteiger partial charge on any atom is -0.489 e. The normalized spacial score (nSPS) is 14.1. The van der Waals surface area contributed by atoms with E-state index in [1.54, 1.807) is 6.08 Å². The maximum absolute atomic E-state index is 12.4. The number of hydrogen-bond acceptors (Lipinski definition) is 4. The molecule has 1 aliphatic rings. The summed E-state index contributed by atoms with van der Waals surface area (Å²) in [6, 6.07) is 32.9. The Labute approximate surface area is 202 Å². The molecule has 0 radical (unpaired) electrons. The largest absolute Gasteiger partial charge is 0.489 e. The Morgan fingerprint density at radius 1 is 0.794 bits per heavy atom. The molecular weight excluding hydrogens is 446 g/mol. The average molecular weight is 466 g/mol. The lowest BCUT2D eigenvalue weighted by Crippen LogP contribution is -2.05. The molecule has 0 bridgehead atoms. The van der Waals surface area contributed by atoms with Crippen molar-refractivity contribution in [3.8, 4) is 16.9 Å². The smallest absolute Gasteiger partial charge is 0.363 e. The lowest BCUT2D eigenvalue weighted by Gasteiger charge is -2.07. The molecule has 0 unspecified atom stereocenters. The molecule has 0 spiro atoms. The quantitative estimate of drug-likeness (QED) is 0.229. The van der Waals surface area contributed by atoms with Gasteiger partial charge in [-0.25, -0.2) is 9.79 Å². The summed E-state index contributed by atoms with van der Waals surface area (Å²) in [6.45, 7) is 0.421. The lowest BCUT2D eigenvalue weighted by atomic mass is 10.0. The zero-order valence-electron chi connectivity index (χ0n) is 18.1. The van der Waals surface area contributed by atoms with Gasteiger partial charge < -0.3 is 9.47 Å². The fourth-order valence-electron chi connectivity index (χ4n) is 3.58. The maximum Gasteiger partial charge on any atom is 0.363 e. The zero-order chi connectivity index (χ0) is 23.3. The second kappa shape index (κ2) is 9.77. The first-order valence-electron chi connectivity index (χ1n) is 10.8. The highest BCUT2D eigenvalue weighted by Crippen LogP contribution is 2.24. The van der Waals surface area contributed by atoms with Crippen molar-refractivity contribution in [1.82, 2.24) is 0 Å². The number of cyclic esters (lactones) is 1. The standard InChI is InChI=1S/C29H20ClNO3/c30-25-8-4-5-21(17-25)19-33-26-15-9-20(10-16-26)18-27-29(32)34-28(31-27)24-13-11-23(12-14-24)22-6-2-1-3-7-22/h1-18H,19H2/b27-18-. The molecule has 4 nitrogen and oxygen atoms in total. The van der Waals surface area contributed by atoms with Crippen molar-refractivity contribution in [2.45, 2.75) is 6.61 Å². The van der Waals surface area contributed by atoms with Crippen molar-refractivity contribution in [3.63, 3.8) is 0 Å². The SMILES string of the molecule is O=C1OC(c2ccc(-c3ccccc3)cc2)=N/C1=C\c1ccc(OCc2cccc(Cl)c2)cc1. The van der Waals surface area contributed by atoms with Crippen molar-refractivity contribution < 1.29 is 14.3 Å². The van der Waals surface area contributed by atoms with Gasteiger partial charge in [0.05, 0.1) is 0 Å². The minimum atomic E-state index is -0.469. The summed E-state index contributed by atoms with van der Waals surface area (Å²) >= 11 is 6.01. The summed E-state index contributed by atoms with van der Waals surface area (Å²) in [5.41, 5.74) is 5.04. The van der Waals surface area contributed by atoms with Crippen LogP contribution in [-0.4, -0.2) is 11.9 Å². The molecule has 1 heterocycles. The molecule has 0 aliphatic carbocycles. The summed E-state index contributed by atoms with van der Waals surface area (Å²) in [5, 5.41) is 0.679. The molecule has 166 valence electrons. The minimum absolute atomic E-state index is 0.259. The number of aliphatic imine (C=N–C) groups is 1. The first-order chi connectivity index (χ1) is 16.6. The molecule has 0 aromatic heterocycles. The van der Waals surface area contributed by atoms with Crippen LogP contribution in [0.1, 0.15) is 16.7 Å². The van der Waals surface area contributed by atoms with Gasteiger partial charge in [-0.05, 0) is 64.7 Å². The van der Waals surface area contributed by atoms with E-state index in [2.05, 4.69) is 17.1 Å². The zero-order valence-corrected chi connectivity index (χ0v) is 18.9. The molecule has 0 saturated heterocycles. The highest BCUT2D eigenvalue weighted by molar-refractivity contribution is 6.30. The molecule has 0 fully saturated rings. The number of rotatable bonds is 6. The van der Waals surface area contributed by atoms with Crippen LogP contribution in [0.3, 0.4) is 0 Å². The second-order valence-electron chi connectivity index (χ2n) is 7.77. The Morgan fingerprint density at radius 2 is 1.50 bits per heavy atom. The second-order valence-corrected chi connectivity index (χ2v) is 8.20. The monoisotopic (exact) mass is 465 g/mol. The number of carbonyl (C=O) groups excluding carboxylic acids is 1. The van der Waals surface area contributed by atoms with Crippen LogP contribution < -0.4 is 4.74 Å². The predicted molar refractivity (Wildman–Crippen MR) is 135 cm³/mol. The molecule has 34 heavy (non-hydrogen) atoms. The van der Waals surface area contributed by atoms with Gasteiger partial charge in [0, 0.05) is 10.6 Å². The fraction of sp³-hybridized carbons (Fsp3) is 0.0345. The molecule has 5 heteroatoms. The van der Waals surface area contributed by atoms with Gasteiger partial charge in [0.1, 0.15) is 12.4 Å². The van der Waals surface area contributed by atoms with E-state index in [9.17, 15) is 4.79 Å². The van der Waals surface area contributed by atoms with Crippen LogP contribution in [0.2, 0.25) is 5.02 Å². The Morgan fingerprint density at radius 3 is 2.24 bits per heavy atom. The lowest BCUT2D eigenvalue weighted by molar-refractivity contribution is -0.129. The predicted octanol–water partition coefficient (Wildman–Crippen LogP) is 6.93. The number of esters is 1. The maximum atomic E-state index is 12.4. The first-order valence-corrected chi connectivity index (χ1v) is 11.2. The first kappa shape index (κ1) is 21.7. The van der Waals surface area contributed by atoms with Gasteiger partial charge >= 0.3 is 5.97 Å². The average Bonchev–Trinajstić information content (AvgIpc) is 3.24. The third kappa shape index (κ3) is 5.08. The Hall–Kier alpha value is -4.15. The van der Waals surface area contributed by atoms with E-state index >= 15 is 0 Å². The summed E-state index contributed by atoms with van der Waals surface area (Å²) < 4.78 is 11.2. The summed E-state index contributed by atoms with van der Waals surface area (Å²) in [4.78, 5) is 16.8. The molecule has 0 amide bonds. The molecule has 0 N–H and O–H groups in total. The third-order valence-corrected chi connectivity index (χ3v) is 5.57. The molecule has 5 rings (SSSR count). The van der Waals surface area contributed by atoms with E-state index in [-0.39, 0.29) is 5.70 Å². The number of carbonyl (C=O) groups is 1. The van der Waals surface area contributed by atoms with Crippen molar-refractivity contribution in [1.29, 1.82) is 0 Å². The van der Waals surface area contributed by atoms with E-state index in [1.807, 2.05) is 91.0 Å². The summed E-state index contributed by atoms with van der Waals surface area (Å²) in [6.07, 6.45) is 1.70. The van der Waals surface area contributed by atoms with E-state index in [0.29, 0.717) is 17.5 Å². The molecule has 4 aromatic carbocycles. The van der Waals surface area contributed by atoms with Crippen LogP contribution in [0.25, 0.3) is 17.2 Å². The Kier molecular flexibility index (Phi) is 6.23. The number of ether oxygens (including phenoxy) is 2. The summed E-state index contributed by atoms with van der Waals surface area (Å²) in [5.74, 6) is 0.555. The molecular formula is C29H20ClNO3. The van der Waals surface area contributed by atoms with Gasteiger partial charge in [0.2, 0.25) is 5.90 Å². The number of hydrogen-bond donors (Lipinski definition) is 0. The van der Waals surface area contributed by atoms with Crippen LogP contribution in [0.5, 0.6) is 5.75 Å². The molecule has 0 atom stereocenters. The summed E-state index contributed by atoms with van der Waals surface area (Å²) in [7, 11) is 0. The third-order valence-electron chi connectivity index (χ3n) is 5.34. The molecule has 4 aromatic rings. The number of nitrogens with zero attached hydrogens (tertiary/aromatic N) is 1. The van der Waals surface area contributed by atoms with Crippen molar-refractivity contribution >= 4 is 29.5 Å². The van der Waals surface area contributed by atoms with E-state index in [1.165, 1.54) is 0 Å². The van der Waals surface area contributed by atoms with Crippen LogP contribution >= 0.6 is 11.6 Å². The topological polar surface area (TPSA) is 47.9 Å². The van der Waals surface area contributed by atoms with Gasteiger partial charge in [-0.15, -0.1) is 0 Å². The fourth-order valence-corrected chi connectivity index (χ4v) is 3.79. The van der Waals surface area contributed by atoms with Gasteiger partial charge in [-0.1, -0.05) is 78.3 Å². The van der Waals surface area contributed by atoms with E-state index in [4.69, 9.17) is 21.1 Å². The van der Waals surface area contributed by atoms with Crippen LogP contribution in [0.4, 0.5) is 0 Å². The van der Waals surface area contributed by atoms with Crippen molar-refractivity contribution in [3.05, 3.63) is 131 Å². The van der Waals surface area contributed by atoms with Gasteiger partial charge in [-0.3, -0.25) is 0 Å². The Balaban J connectivity index is 1.27. The van der Waals surface area contributed by atoms with Gasteiger partial charge in [0.15, 0.2) is 5.70 Å². The van der Waals surface area contributed by atoms with E-state index in [0.717, 1.165) is 33.6 Å². The van der Waals surface area contributed by atoms with Crippen molar-refractivity contribution in [2.75, 3.05) is 0 Å². The Bertz CT molecular complexity index is 1380. The molecule has 1 aliphatic heterocycles. The molecule has 0 saturated carbocycles. The van der Waals surface area contributed by atoms with Crippen LogP contribution in [0.15, 0.2) is 114 Å².